The van der Waals surface area contributed by atoms with E-state index < -0.39 is 0 Å². The molecule has 0 aromatic rings. The van der Waals surface area contributed by atoms with Crippen LogP contribution in [0.4, 0.5) is 0 Å². The molecule has 1 atom stereocenters. The number of nitrogens with zero attached hydrogens (tertiary/aromatic N) is 4. The molecule has 5 nitrogen and oxygen atoms in total. The fourth-order valence-electron chi connectivity index (χ4n) is 2.35. The summed E-state index contributed by atoms with van der Waals surface area (Å²) >= 11 is 0. The summed E-state index contributed by atoms with van der Waals surface area (Å²) in [6, 6.07) is 0.584. The van der Waals surface area contributed by atoms with Crippen molar-refractivity contribution in [2.24, 2.45) is 4.99 Å². The summed E-state index contributed by atoms with van der Waals surface area (Å²) in [6.07, 6.45) is 0. The van der Waals surface area contributed by atoms with Gasteiger partial charge in [-0.3, -0.25) is 9.89 Å². The fraction of sp³-hybridized carbons (Fsp3) is 0.917. The minimum absolute atomic E-state index is 0. The predicted octanol–water partition coefficient (Wildman–Crippen LogP) is 0.131. The molecule has 0 amide bonds. The minimum atomic E-state index is 0. The molecule has 0 spiro atoms. The van der Waals surface area contributed by atoms with Gasteiger partial charge in [0.05, 0.1) is 6.54 Å². The van der Waals surface area contributed by atoms with Crippen LogP contribution >= 0.6 is 24.0 Å². The number of nitrogens with one attached hydrogen (secondary N) is 1. The highest BCUT2D eigenvalue weighted by Gasteiger charge is 2.20. The Morgan fingerprint density at radius 3 is 2.39 bits per heavy atom. The van der Waals surface area contributed by atoms with Gasteiger partial charge in [0, 0.05) is 52.4 Å². The van der Waals surface area contributed by atoms with Gasteiger partial charge in [-0.25, -0.2) is 0 Å². The number of guanidine groups is 1. The number of hydrogen-bond donors (Lipinski definition) is 1. The van der Waals surface area contributed by atoms with Crippen molar-refractivity contribution >= 4 is 29.9 Å². The van der Waals surface area contributed by atoms with E-state index in [0.717, 1.165) is 25.6 Å². The summed E-state index contributed by atoms with van der Waals surface area (Å²) in [6.45, 7) is 10.0. The molecule has 0 aromatic heterocycles. The molecule has 106 valence electrons. The Morgan fingerprint density at radius 1 is 1.17 bits per heavy atom. The van der Waals surface area contributed by atoms with Gasteiger partial charge in [-0.1, -0.05) is 0 Å². The van der Waals surface area contributed by atoms with Crippen molar-refractivity contribution in [1.29, 1.82) is 0 Å². The Bertz CT molecular complexity index is 276. The number of rotatable bonds is 3. The van der Waals surface area contributed by atoms with Crippen molar-refractivity contribution in [2.45, 2.75) is 13.0 Å². The Kier molecular flexibility index (Phi) is 6.65. The molecule has 2 aliphatic rings. The third kappa shape index (κ3) is 4.24. The highest BCUT2D eigenvalue weighted by atomic mass is 127. The fourth-order valence-corrected chi connectivity index (χ4v) is 2.35. The van der Waals surface area contributed by atoms with E-state index in [9.17, 15) is 0 Å². The quantitative estimate of drug-likeness (QED) is 0.720. The summed E-state index contributed by atoms with van der Waals surface area (Å²) in [7, 11) is 4.29. The second-order valence-electron chi connectivity index (χ2n) is 5.20. The number of halogens is 1. The van der Waals surface area contributed by atoms with Crippen molar-refractivity contribution in [3.63, 3.8) is 0 Å². The van der Waals surface area contributed by atoms with Crippen molar-refractivity contribution in [3.05, 3.63) is 0 Å². The molecule has 1 unspecified atom stereocenters. The first kappa shape index (κ1) is 16.0. The normalized spacial score (nSPS) is 23.5. The molecular weight excluding hydrogens is 341 g/mol. The molecule has 1 N–H and O–H groups in total. The molecular formula is C12H26IN5. The van der Waals surface area contributed by atoms with Gasteiger partial charge in [-0.15, -0.1) is 24.0 Å². The van der Waals surface area contributed by atoms with E-state index in [0.29, 0.717) is 6.04 Å². The van der Waals surface area contributed by atoms with Crippen molar-refractivity contribution in [1.82, 2.24) is 20.0 Å². The lowest BCUT2D eigenvalue weighted by Crippen LogP contribution is -2.52. The van der Waals surface area contributed by atoms with Crippen LogP contribution in [0.15, 0.2) is 4.99 Å². The van der Waals surface area contributed by atoms with Crippen LogP contribution in [-0.2, 0) is 0 Å². The van der Waals surface area contributed by atoms with Crippen molar-refractivity contribution < 1.29 is 0 Å². The monoisotopic (exact) mass is 367 g/mol. The van der Waals surface area contributed by atoms with E-state index in [2.05, 4.69) is 46.0 Å². The first-order chi connectivity index (χ1) is 8.16. The van der Waals surface area contributed by atoms with E-state index in [4.69, 9.17) is 0 Å². The summed E-state index contributed by atoms with van der Waals surface area (Å²) in [5, 5.41) is 3.46. The van der Waals surface area contributed by atoms with Crippen LogP contribution < -0.4 is 5.32 Å². The molecule has 0 radical (unpaired) electrons. The van der Waals surface area contributed by atoms with Gasteiger partial charge in [0.1, 0.15) is 0 Å². The van der Waals surface area contributed by atoms with Gasteiger partial charge in [0.15, 0.2) is 5.96 Å². The second kappa shape index (κ2) is 7.49. The third-order valence-electron chi connectivity index (χ3n) is 3.78. The molecule has 18 heavy (non-hydrogen) atoms. The van der Waals surface area contributed by atoms with Gasteiger partial charge in [0.2, 0.25) is 0 Å². The number of aliphatic imine (C=N–C) groups is 1. The van der Waals surface area contributed by atoms with Gasteiger partial charge in [0.25, 0.3) is 0 Å². The molecule has 6 heteroatoms. The third-order valence-corrected chi connectivity index (χ3v) is 3.78. The smallest absolute Gasteiger partial charge is 0.193 e. The first-order valence-electron chi connectivity index (χ1n) is 6.59. The van der Waals surface area contributed by atoms with Gasteiger partial charge in [-0.05, 0) is 14.0 Å². The molecule has 0 saturated carbocycles. The van der Waals surface area contributed by atoms with Gasteiger partial charge in [-0.2, -0.15) is 0 Å². The zero-order valence-corrected chi connectivity index (χ0v) is 14.1. The van der Waals surface area contributed by atoms with Crippen LogP contribution in [0.25, 0.3) is 0 Å². The zero-order valence-electron chi connectivity index (χ0n) is 11.7. The molecule has 2 aliphatic heterocycles. The molecule has 0 bridgehead atoms. The van der Waals surface area contributed by atoms with Gasteiger partial charge < -0.3 is 15.1 Å². The maximum atomic E-state index is 4.45. The largest absolute Gasteiger partial charge is 0.355 e. The zero-order chi connectivity index (χ0) is 12.3. The van der Waals surface area contributed by atoms with E-state index in [-0.39, 0.29) is 24.0 Å². The first-order valence-corrected chi connectivity index (χ1v) is 6.59. The van der Waals surface area contributed by atoms with E-state index in [1.54, 1.807) is 0 Å². The lowest BCUT2D eigenvalue weighted by Gasteiger charge is -2.36. The Balaban J connectivity index is 0.00000162. The highest BCUT2D eigenvalue weighted by molar-refractivity contribution is 14.0. The van der Waals surface area contributed by atoms with E-state index >= 15 is 0 Å². The maximum absolute atomic E-state index is 4.45. The van der Waals surface area contributed by atoms with Crippen LogP contribution in [0.2, 0.25) is 0 Å². The van der Waals surface area contributed by atoms with Crippen molar-refractivity contribution in [3.8, 4) is 0 Å². The Labute approximate surface area is 128 Å². The lowest BCUT2D eigenvalue weighted by atomic mass is 10.2. The summed E-state index contributed by atoms with van der Waals surface area (Å²) in [5.74, 6) is 1.06. The molecule has 1 saturated heterocycles. The molecule has 1 fully saturated rings. The summed E-state index contributed by atoms with van der Waals surface area (Å²) in [4.78, 5) is 11.6. The van der Waals surface area contributed by atoms with Crippen LogP contribution in [-0.4, -0.2) is 86.6 Å². The molecule has 2 rings (SSSR count). The van der Waals surface area contributed by atoms with Crippen LogP contribution in [0.1, 0.15) is 6.92 Å². The maximum Gasteiger partial charge on any atom is 0.193 e. The number of piperazine rings is 1. The average Bonchev–Trinajstić information content (AvgIpc) is 2.73. The Hall–Kier alpha value is -0.0800. The van der Waals surface area contributed by atoms with Crippen molar-refractivity contribution in [2.75, 3.05) is 59.9 Å². The van der Waals surface area contributed by atoms with E-state index in [1.807, 2.05) is 0 Å². The number of hydrogen-bond acceptors (Lipinski definition) is 5. The Morgan fingerprint density at radius 2 is 1.83 bits per heavy atom. The van der Waals surface area contributed by atoms with Gasteiger partial charge >= 0.3 is 0 Å². The minimum Gasteiger partial charge on any atom is -0.355 e. The van der Waals surface area contributed by atoms with Crippen LogP contribution in [0, 0.1) is 0 Å². The number of likely N-dealkylation sites (N-methyl/N-ethyl adjacent to an activating group) is 2. The molecule has 2 heterocycles. The lowest BCUT2D eigenvalue weighted by molar-refractivity contribution is 0.119. The standard InChI is InChI=1S/C12H25N5.HI/c1-11(17-8-6-15(2)7-9-17)10-14-12-13-4-5-16(12)3;/h11H,4-10H2,1-3H3,(H,13,14);1H. The summed E-state index contributed by atoms with van der Waals surface area (Å²) in [5.41, 5.74) is 0. The molecule has 0 aromatic carbocycles. The van der Waals surface area contributed by atoms with Crippen LogP contribution in [0.3, 0.4) is 0 Å². The topological polar surface area (TPSA) is 34.1 Å². The van der Waals surface area contributed by atoms with E-state index in [1.165, 1.54) is 26.2 Å². The second-order valence-corrected chi connectivity index (χ2v) is 5.20. The summed E-state index contributed by atoms with van der Waals surface area (Å²) < 4.78 is 0. The van der Waals surface area contributed by atoms with Crippen LogP contribution in [0.5, 0.6) is 0 Å². The average molecular weight is 367 g/mol. The predicted molar refractivity (Wildman–Crippen MR) is 86.9 cm³/mol. The molecule has 0 aliphatic carbocycles. The highest BCUT2D eigenvalue weighted by Crippen LogP contribution is 2.04. The SMILES string of the molecule is CC(CNC1=NCCN1C)N1CCN(C)CC1.I.